The first-order valence-corrected chi connectivity index (χ1v) is 14.9. The molecule has 196 valence electrons. The monoisotopic (exact) mass is 751 g/mol. The maximum absolute atomic E-state index is 14.9. The van der Waals surface area contributed by atoms with Crippen molar-refractivity contribution in [3.63, 3.8) is 0 Å². The smallest absolute Gasteiger partial charge is 0.313 e. The van der Waals surface area contributed by atoms with Crippen molar-refractivity contribution >= 4 is 75.6 Å². The first-order valence-electron chi connectivity index (χ1n) is 12.8. The zero-order valence-corrected chi connectivity index (χ0v) is 25.4. The summed E-state index contributed by atoms with van der Waals surface area (Å²) in [6.07, 6.45) is 3.97. The molecule has 0 amide bonds. The van der Waals surface area contributed by atoms with E-state index >= 15 is 0 Å². The van der Waals surface area contributed by atoms with Crippen LogP contribution in [0.1, 0.15) is 34.1 Å². The summed E-state index contributed by atoms with van der Waals surface area (Å²) in [5.74, 6) is 0.0467. The van der Waals surface area contributed by atoms with Crippen molar-refractivity contribution in [3.05, 3.63) is 151 Å². The van der Waals surface area contributed by atoms with Gasteiger partial charge in [0.15, 0.2) is 0 Å². The number of hydrogen-bond acceptors (Lipinski definition) is 2. The van der Waals surface area contributed by atoms with Crippen molar-refractivity contribution in [2.24, 2.45) is 9.98 Å². The van der Waals surface area contributed by atoms with Gasteiger partial charge in [0.2, 0.25) is 0 Å². The number of halogens is 4. The molecule has 0 N–H and O–H groups in total. The standard InChI is InChI=1S/C32H22BF2I2N3/c34-33(35)40-30(24-9-5-2-6-10-24)20-28(22-13-17-26(37)18-14-22)32(40)39-31-27(21-11-15-25(36)16-12-21)19-29(38-31)23-7-3-1-4-8-23/h1-20,27-28H. The van der Waals surface area contributed by atoms with Crippen LogP contribution in [0.15, 0.2) is 131 Å². The first kappa shape index (κ1) is 27.1. The topological polar surface area (TPSA) is 28.0 Å². The molecular formula is C32H22BF2I2N3. The van der Waals surface area contributed by atoms with Gasteiger partial charge in [-0.15, -0.1) is 0 Å². The van der Waals surface area contributed by atoms with E-state index in [0.717, 1.165) is 34.3 Å². The molecule has 4 aromatic rings. The molecule has 2 heterocycles. The van der Waals surface area contributed by atoms with Gasteiger partial charge in [-0.2, -0.15) is 0 Å². The third-order valence-corrected chi connectivity index (χ3v) is 8.41. The lowest BCUT2D eigenvalue weighted by atomic mass is 9.96. The largest absolute Gasteiger partial charge is 0.679 e. The lowest BCUT2D eigenvalue weighted by Gasteiger charge is -2.23. The van der Waals surface area contributed by atoms with Gasteiger partial charge in [-0.05, 0) is 104 Å². The minimum atomic E-state index is -2.78. The van der Waals surface area contributed by atoms with Crippen molar-refractivity contribution in [2.45, 2.75) is 11.8 Å². The first-order chi connectivity index (χ1) is 19.5. The molecule has 40 heavy (non-hydrogen) atoms. The Bertz CT molecular complexity index is 1640. The second-order valence-corrected chi connectivity index (χ2v) is 12.0. The van der Waals surface area contributed by atoms with Crippen LogP contribution in [-0.2, 0) is 0 Å². The molecule has 0 aromatic heterocycles. The van der Waals surface area contributed by atoms with Crippen molar-refractivity contribution in [1.29, 1.82) is 0 Å². The number of amidine groups is 2. The summed E-state index contributed by atoms with van der Waals surface area (Å²) in [7, 11) is -2.78. The van der Waals surface area contributed by atoms with Gasteiger partial charge < -0.3 is 4.81 Å². The molecule has 6 rings (SSSR count). The molecule has 4 aromatic carbocycles. The van der Waals surface area contributed by atoms with Crippen LogP contribution in [0.3, 0.4) is 0 Å². The fourth-order valence-electron chi connectivity index (χ4n) is 5.03. The average Bonchev–Trinajstić information content (AvgIpc) is 3.57. The molecule has 0 saturated heterocycles. The number of hydrogen-bond donors (Lipinski definition) is 0. The van der Waals surface area contributed by atoms with E-state index in [9.17, 15) is 8.63 Å². The van der Waals surface area contributed by atoms with E-state index < -0.39 is 13.3 Å². The molecule has 0 spiro atoms. The summed E-state index contributed by atoms with van der Waals surface area (Å²) in [6.45, 7) is 0. The predicted octanol–water partition coefficient (Wildman–Crippen LogP) is 8.90. The van der Waals surface area contributed by atoms with Crippen LogP contribution in [0.5, 0.6) is 0 Å². The van der Waals surface area contributed by atoms with E-state index in [1.54, 1.807) is 0 Å². The molecule has 0 aliphatic carbocycles. The quantitative estimate of drug-likeness (QED) is 0.148. The summed E-state index contributed by atoms with van der Waals surface area (Å²) in [5.41, 5.74) is 4.82. The highest BCUT2D eigenvalue weighted by Crippen LogP contribution is 2.40. The molecule has 0 saturated carbocycles. The Morgan fingerprint density at radius 3 is 1.73 bits per heavy atom. The van der Waals surface area contributed by atoms with Crippen LogP contribution in [-0.4, -0.2) is 23.9 Å². The van der Waals surface area contributed by atoms with E-state index in [4.69, 9.17) is 9.98 Å². The molecule has 0 bridgehead atoms. The van der Waals surface area contributed by atoms with E-state index in [2.05, 4.69) is 63.4 Å². The van der Waals surface area contributed by atoms with Crippen LogP contribution in [0.2, 0.25) is 0 Å². The van der Waals surface area contributed by atoms with Crippen LogP contribution < -0.4 is 0 Å². The predicted molar refractivity (Wildman–Crippen MR) is 177 cm³/mol. The number of nitrogens with zero attached hydrogens (tertiary/aromatic N) is 3. The minimum Gasteiger partial charge on any atom is -0.313 e. The molecule has 0 fully saturated rings. The van der Waals surface area contributed by atoms with Gasteiger partial charge in [-0.1, -0.05) is 84.9 Å². The summed E-state index contributed by atoms with van der Waals surface area (Å²) < 4.78 is 32.0. The zero-order valence-electron chi connectivity index (χ0n) is 21.1. The fraction of sp³-hybridized carbons (Fsp3) is 0.0625. The van der Waals surface area contributed by atoms with Crippen LogP contribution in [0.25, 0.3) is 11.4 Å². The Morgan fingerprint density at radius 1 is 0.650 bits per heavy atom. The third-order valence-electron chi connectivity index (χ3n) is 6.97. The highest BCUT2D eigenvalue weighted by atomic mass is 127. The maximum Gasteiger partial charge on any atom is 0.679 e. The van der Waals surface area contributed by atoms with Crippen LogP contribution >= 0.6 is 45.2 Å². The van der Waals surface area contributed by atoms with E-state index in [0.29, 0.717) is 17.1 Å². The number of benzene rings is 4. The van der Waals surface area contributed by atoms with Crippen LogP contribution in [0, 0.1) is 7.14 Å². The molecule has 2 atom stereocenters. The molecule has 2 unspecified atom stereocenters. The van der Waals surface area contributed by atoms with Gasteiger partial charge in [-0.3, -0.25) is 8.63 Å². The Labute approximate surface area is 259 Å². The molecule has 3 nitrogen and oxygen atoms in total. The van der Waals surface area contributed by atoms with E-state index in [1.165, 1.54) is 0 Å². The molecular weight excluding hydrogens is 729 g/mol. The second-order valence-electron chi connectivity index (χ2n) is 9.48. The minimum absolute atomic E-state index is 0.266. The highest BCUT2D eigenvalue weighted by Gasteiger charge is 2.42. The van der Waals surface area contributed by atoms with E-state index in [-0.39, 0.29) is 11.8 Å². The molecule has 8 heteroatoms. The van der Waals surface area contributed by atoms with Crippen molar-refractivity contribution in [3.8, 4) is 0 Å². The Hall–Kier alpha value is -3.12. The van der Waals surface area contributed by atoms with Gasteiger partial charge >= 0.3 is 7.40 Å². The number of rotatable bonds is 5. The SMILES string of the molecule is FB(F)N1C(c2ccccc2)=CC(c2ccc(I)cc2)C1=NC1=NC(c2ccccc2)=CC1c1ccc(I)cc1. The van der Waals surface area contributed by atoms with Crippen molar-refractivity contribution in [1.82, 2.24) is 4.81 Å². The molecule has 0 radical (unpaired) electrons. The van der Waals surface area contributed by atoms with Gasteiger partial charge in [0.1, 0.15) is 11.7 Å². The summed E-state index contributed by atoms with van der Waals surface area (Å²) in [4.78, 5) is 11.0. The summed E-state index contributed by atoms with van der Waals surface area (Å²) in [6, 6.07) is 35.3. The van der Waals surface area contributed by atoms with Crippen molar-refractivity contribution < 1.29 is 8.63 Å². The third kappa shape index (κ3) is 5.56. The van der Waals surface area contributed by atoms with Gasteiger partial charge in [0.05, 0.1) is 17.5 Å². The molecule has 2 aliphatic rings. The number of aliphatic imine (C=N–C) groups is 2. The average molecular weight is 751 g/mol. The van der Waals surface area contributed by atoms with Crippen molar-refractivity contribution in [2.75, 3.05) is 0 Å². The lowest BCUT2D eigenvalue weighted by molar-refractivity contribution is 0.571. The highest BCUT2D eigenvalue weighted by molar-refractivity contribution is 14.1. The maximum atomic E-state index is 14.9. The van der Waals surface area contributed by atoms with Crippen LogP contribution in [0.4, 0.5) is 8.63 Å². The fourth-order valence-corrected chi connectivity index (χ4v) is 5.75. The lowest BCUT2D eigenvalue weighted by Crippen LogP contribution is -2.36. The van der Waals surface area contributed by atoms with Gasteiger partial charge in [0.25, 0.3) is 0 Å². The normalized spacial score (nSPS) is 19.4. The Balaban J connectivity index is 1.51. The van der Waals surface area contributed by atoms with Gasteiger partial charge in [-0.25, -0.2) is 9.98 Å². The summed E-state index contributed by atoms with van der Waals surface area (Å²) in [5, 5.41) is 0. The van der Waals surface area contributed by atoms with Gasteiger partial charge in [0, 0.05) is 12.8 Å². The summed E-state index contributed by atoms with van der Waals surface area (Å²) >= 11 is 4.53. The zero-order chi connectivity index (χ0) is 27.6. The second kappa shape index (κ2) is 11.8. The Kier molecular flexibility index (Phi) is 7.97. The van der Waals surface area contributed by atoms with E-state index in [1.807, 2.05) is 103 Å². The molecule has 2 aliphatic heterocycles. The Morgan fingerprint density at radius 2 is 1.18 bits per heavy atom.